The molecule has 0 atom stereocenters. The minimum atomic E-state index is -3.04. The maximum absolute atomic E-state index is 13.1. The molecular weight excluding hydrogens is 188 g/mol. The van der Waals surface area contributed by atoms with E-state index in [-0.39, 0.29) is 5.70 Å². The van der Waals surface area contributed by atoms with Gasteiger partial charge in [-0.1, -0.05) is 12.2 Å². The summed E-state index contributed by atoms with van der Waals surface area (Å²) in [7, 11) is 1.31. The molecule has 4 heteroatoms. The van der Waals surface area contributed by atoms with Crippen molar-refractivity contribution in [3.8, 4) is 0 Å². The Morgan fingerprint density at radius 3 is 2.07 bits per heavy atom. The lowest BCUT2D eigenvalue weighted by Crippen LogP contribution is -2.32. The number of nitrogens with zero attached hydrogens (tertiary/aromatic N) is 1. The van der Waals surface area contributed by atoms with Crippen molar-refractivity contribution < 1.29 is 13.6 Å². The molecule has 2 nitrogen and oxygen atoms in total. The Kier molecular flexibility index (Phi) is 3.98. The molecule has 80 valence electrons. The fourth-order valence-electron chi connectivity index (χ4n) is 0.921. The van der Waals surface area contributed by atoms with Gasteiger partial charge in [-0.3, -0.25) is 4.79 Å². The average Bonchev–Trinajstić information content (AvgIpc) is 1.96. The first-order chi connectivity index (χ1) is 6.16. The molecule has 0 radical (unpaired) electrons. The zero-order valence-electron chi connectivity index (χ0n) is 8.90. The molecule has 0 aromatic carbocycles. The summed E-state index contributed by atoms with van der Waals surface area (Å²) in [5.41, 5.74) is 0.145. The summed E-state index contributed by atoms with van der Waals surface area (Å²) in [6, 6.07) is 0. The lowest BCUT2D eigenvalue weighted by atomic mass is 10.2. The Hall–Kier alpha value is -1.19. The molecule has 0 spiro atoms. The van der Waals surface area contributed by atoms with E-state index in [0.717, 1.165) is 11.8 Å². The number of allylic oxidation sites excluding steroid dienone is 3. The molecule has 14 heavy (non-hydrogen) atoms. The van der Waals surface area contributed by atoms with Gasteiger partial charge in [0.05, 0.1) is 5.70 Å². The molecule has 0 aromatic heterocycles. The van der Waals surface area contributed by atoms with E-state index in [0.29, 0.717) is 5.57 Å². The van der Waals surface area contributed by atoms with Crippen molar-refractivity contribution >= 4 is 5.91 Å². The Balaban J connectivity index is 5.13. The average molecular weight is 203 g/mol. The molecule has 0 aliphatic carbocycles. The second kappa shape index (κ2) is 4.35. The van der Waals surface area contributed by atoms with Crippen molar-refractivity contribution in [3.63, 3.8) is 0 Å². The van der Waals surface area contributed by atoms with Gasteiger partial charge in [-0.05, 0) is 13.0 Å². The zero-order valence-corrected chi connectivity index (χ0v) is 8.90. The molecule has 0 rings (SSSR count). The monoisotopic (exact) mass is 203 g/mol. The standard InChI is InChI=1S/C10H15F2NO/c1-7(2)6-9(10(4,11)12)13(5)8(3)14/h6H,1H2,2-5H3/b9-6-. The molecule has 0 aromatic rings. The number of halogens is 2. The maximum atomic E-state index is 13.1. The van der Waals surface area contributed by atoms with Crippen LogP contribution in [0.25, 0.3) is 0 Å². The van der Waals surface area contributed by atoms with Crippen LogP contribution in [0.4, 0.5) is 8.78 Å². The molecule has 0 heterocycles. The quantitative estimate of drug-likeness (QED) is 0.645. The Bertz CT molecular complexity index is 276. The first-order valence-electron chi connectivity index (χ1n) is 4.16. The second-order valence-corrected chi connectivity index (χ2v) is 3.34. The first kappa shape index (κ1) is 12.8. The van der Waals surface area contributed by atoms with Crippen LogP contribution in [0.15, 0.2) is 23.9 Å². The predicted molar refractivity (Wildman–Crippen MR) is 52.0 cm³/mol. The number of carbonyl (C=O) groups excluding carboxylic acids is 1. The van der Waals surface area contributed by atoms with E-state index in [1.54, 1.807) is 6.92 Å². The molecule has 0 N–H and O–H groups in total. The highest BCUT2D eigenvalue weighted by atomic mass is 19.3. The normalized spacial score (nSPS) is 12.6. The van der Waals surface area contributed by atoms with Gasteiger partial charge in [-0.25, -0.2) is 8.78 Å². The zero-order chi connectivity index (χ0) is 11.5. The molecule has 0 saturated heterocycles. The van der Waals surface area contributed by atoms with E-state index in [1.165, 1.54) is 20.0 Å². The highest BCUT2D eigenvalue weighted by Crippen LogP contribution is 2.26. The van der Waals surface area contributed by atoms with Gasteiger partial charge >= 0.3 is 0 Å². The van der Waals surface area contributed by atoms with Crippen molar-refractivity contribution in [1.82, 2.24) is 4.90 Å². The lowest BCUT2D eigenvalue weighted by Gasteiger charge is -2.24. The van der Waals surface area contributed by atoms with E-state index in [1.807, 2.05) is 0 Å². The van der Waals surface area contributed by atoms with E-state index >= 15 is 0 Å². The Labute approximate surface area is 82.9 Å². The summed E-state index contributed by atoms with van der Waals surface area (Å²) in [6.07, 6.45) is 1.21. The van der Waals surface area contributed by atoms with E-state index in [4.69, 9.17) is 0 Å². The third-order valence-electron chi connectivity index (χ3n) is 1.67. The van der Waals surface area contributed by atoms with Crippen LogP contribution in [-0.4, -0.2) is 23.8 Å². The molecule has 1 amide bonds. The van der Waals surface area contributed by atoms with E-state index in [9.17, 15) is 13.6 Å². The van der Waals surface area contributed by atoms with Crippen LogP contribution in [0.2, 0.25) is 0 Å². The number of alkyl halides is 2. The molecular formula is C10H15F2NO. The van der Waals surface area contributed by atoms with Gasteiger partial charge in [0.2, 0.25) is 5.91 Å². The number of amides is 1. The van der Waals surface area contributed by atoms with Gasteiger partial charge in [-0.15, -0.1) is 0 Å². The summed E-state index contributed by atoms with van der Waals surface area (Å²) >= 11 is 0. The minimum absolute atomic E-state index is 0.336. The fraction of sp³-hybridized carbons (Fsp3) is 0.500. The summed E-state index contributed by atoms with van der Waals surface area (Å²) in [4.78, 5) is 11.9. The molecule has 0 fully saturated rings. The topological polar surface area (TPSA) is 20.3 Å². The minimum Gasteiger partial charge on any atom is -0.314 e. The van der Waals surface area contributed by atoms with Gasteiger partial charge in [0.25, 0.3) is 5.92 Å². The van der Waals surface area contributed by atoms with Crippen LogP contribution < -0.4 is 0 Å². The van der Waals surface area contributed by atoms with Crippen LogP contribution in [0.5, 0.6) is 0 Å². The number of hydrogen-bond donors (Lipinski definition) is 0. The van der Waals surface area contributed by atoms with Crippen LogP contribution in [0.3, 0.4) is 0 Å². The van der Waals surface area contributed by atoms with E-state index < -0.39 is 11.8 Å². The SMILES string of the molecule is C=C(C)/C=C(\N(C)C(C)=O)C(C)(F)F. The number of hydrogen-bond acceptors (Lipinski definition) is 1. The molecule has 0 saturated carbocycles. The second-order valence-electron chi connectivity index (χ2n) is 3.34. The fourth-order valence-corrected chi connectivity index (χ4v) is 0.921. The number of rotatable bonds is 3. The molecule has 0 unspecified atom stereocenters. The smallest absolute Gasteiger partial charge is 0.285 e. The van der Waals surface area contributed by atoms with Gasteiger partial charge in [-0.2, -0.15) is 0 Å². The van der Waals surface area contributed by atoms with Crippen molar-refractivity contribution in [1.29, 1.82) is 0 Å². The summed E-state index contributed by atoms with van der Waals surface area (Å²) in [5, 5.41) is 0. The molecule has 0 aliphatic heterocycles. The van der Waals surface area contributed by atoms with Crippen LogP contribution in [-0.2, 0) is 4.79 Å². The third kappa shape index (κ3) is 3.68. The predicted octanol–water partition coefficient (Wildman–Crippen LogP) is 2.58. The number of carbonyl (C=O) groups is 1. The van der Waals surface area contributed by atoms with Crippen molar-refractivity contribution in [2.75, 3.05) is 7.05 Å². The summed E-state index contributed by atoms with van der Waals surface area (Å²) in [5.74, 6) is -3.47. The van der Waals surface area contributed by atoms with Crippen LogP contribution in [0.1, 0.15) is 20.8 Å². The van der Waals surface area contributed by atoms with Crippen LogP contribution in [0, 0.1) is 0 Å². The van der Waals surface area contributed by atoms with Crippen molar-refractivity contribution in [2.45, 2.75) is 26.7 Å². The first-order valence-corrected chi connectivity index (χ1v) is 4.16. The summed E-state index contributed by atoms with van der Waals surface area (Å²) < 4.78 is 26.1. The van der Waals surface area contributed by atoms with Gasteiger partial charge < -0.3 is 4.90 Å². The largest absolute Gasteiger partial charge is 0.314 e. The lowest BCUT2D eigenvalue weighted by molar-refractivity contribution is -0.128. The maximum Gasteiger partial charge on any atom is 0.285 e. The van der Waals surface area contributed by atoms with Gasteiger partial charge in [0, 0.05) is 20.9 Å². The van der Waals surface area contributed by atoms with Gasteiger partial charge in [0.15, 0.2) is 0 Å². The highest BCUT2D eigenvalue weighted by Gasteiger charge is 2.31. The highest BCUT2D eigenvalue weighted by molar-refractivity contribution is 5.75. The Morgan fingerprint density at radius 1 is 1.43 bits per heavy atom. The summed E-state index contributed by atoms with van der Waals surface area (Å²) in [6.45, 7) is 7.08. The van der Waals surface area contributed by atoms with E-state index in [2.05, 4.69) is 6.58 Å². The molecule has 0 bridgehead atoms. The van der Waals surface area contributed by atoms with Crippen LogP contribution >= 0.6 is 0 Å². The van der Waals surface area contributed by atoms with Crippen molar-refractivity contribution in [3.05, 3.63) is 23.9 Å². The molecule has 0 aliphatic rings. The van der Waals surface area contributed by atoms with Crippen molar-refractivity contribution in [2.24, 2.45) is 0 Å². The third-order valence-corrected chi connectivity index (χ3v) is 1.67. The Morgan fingerprint density at radius 2 is 1.86 bits per heavy atom. The van der Waals surface area contributed by atoms with Gasteiger partial charge in [0.1, 0.15) is 0 Å².